The molecule has 0 saturated carbocycles. The van der Waals surface area contributed by atoms with Gasteiger partial charge in [-0.05, 0) is 85.5 Å². The van der Waals surface area contributed by atoms with Crippen molar-refractivity contribution in [2.24, 2.45) is 0 Å². The van der Waals surface area contributed by atoms with E-state index in [9.17, 15) is 0 Å². The molecule has 0 amide bonds. The van der Waals surface area contributed by atoms with Gasteiger partial charge in [-0.3, -0.25) is 0 Å². The molecule has 0 radical (unpaired) electrons. The standard InChI is InChI=1S/C48H30Br2S2Si/c49-39-22-12-26-43-47(39)45-37(20-10-24-41(45)51-43)31-28-32(38-21-11-25-42-46(38)48-40(50)23-13-27-44(48)52-42)30-36(29-31)53(33-14-4-1-5-15-33,34-16-6-2-7-17-34)35-18-8-3-9-19-35/h1-30H. The Balaban J connectivity index is 1.39. The second-order valence-electron chi connectivity index (χ2n) is 13.4. The van der Waals surface area contributed by atoms with Gasteiger partial charge in [-0.1, -0.05) is 171 Å². The van der Waals surface area contributed by atoms with Gasteiger partial charge in [-0.25, -0.2) is 0 Å². The average Bonchev–Trinajstić information content (AvgIpc) is 3.80. The van der Waals surface area contributed by atoms with Gasteiger partial charge < -0.3 is 0 Å². The summed E-state index contributed by atoms with van der Waals surface area (Å²) in [5.41, 5.74) is 4.97. The van der Waals surface area contributed by atoms with E-state index in [1.54, 1.807) is 0 Å². The third kappa shape index (κ3) is 5.32. The molecule has 0 unspecified atom stereocenters. The van der Waals surface area contributed by atoms with E-state index >= 15 is 0 Å². The lowest BCUT2D eigenvalue weighted by molar-refractivity contribution is 1.64. The van der Waals surface area contributed by atoms with Crippen LogP contribution in [0.1, 0.15) is 0 Å². The van der Waals surface area contributed by atoms with E-state index in [0.717, 1.165) is 8.95 Å². The summed E-state index contributed by atoms with van der Waals surface area (Å²) in [6.45, 7) is 0. The van der Waals surface area contributed by atoms with Gasteiger partial charge in [-0.2, -0.15) is 0 Å². The van der Waals surface area contributed by atoms with Crippen LogP contribution in [0.3, 0.4) is 0 Å². The number of rotatable bonds is 6. The number of benzene rings is 8. The Hall–Kier alpha value is -4.62. The van der Waals surface area contributed by atoms with E-state index in [2.05, 4.69) is 214 Å². The number of hydrogen-bond donors (Lipinski definition) is 0. The molecule has 2 heterocycles. The van der Waals surface area contributed by atoms with Crippen LogP contribution >= 0.6 is 54.5 Å². The molecule has 0 bridgehead atoms. The second kappa shape index (κ2) is 13.3. The fourth-order valence-electron chi connectivity index (χ4n) is 8.35. The minimum atomic E-state index is -2.87. The zero-order valence-electron chi connectivity index (χ0n) is 28.4. The second-order valence-corrected chi connectivity index (χ2v) is 21.1. The predicted octanol–water partition coefficient (Wildman–Crippen LogP) is 12.7. The lowest BCUT2D eigenvalue weighted by Crippen LogP contribution is -2.74. The monoisotopic (exact) mass is 856 g/mol. The quantitative estimate of drug-likeness (QED) is 0.115. The molecule has 0 aliphatic rings. The first-order chi connectivity index (χ1) is 26.1. The molecule has 0 nitrogen and oxygen atoms in total. The van der Waals surface area contributed by atoms with E-state index in [0.29, 0.717) is 0 Å². The Bertz CT molecular complexity index is 2730. The minimum absolute atomic E-state index is 1.13. The summed E-state index contributed by atoms with van der Waals surface area (Å²) in [6, 6.07) is 68.1. The normalized spacial score (nSPS) is 12.0. The summed E-state index contributed by atoms with van der Waals surface area (Å²) >= 11 is 11.6. The van der Waals surface area contributed by atoms with Crippen molar-refractivity contribution in [3.63, 3.8) is 0 Å². The van der Waals surface area contributed by atoms with Crippen LogP contribution in [0.2, 0.25) is 0 Å². The van der Waals surface area contributed by atoms with E-state index in [-0.39, 0.29) is 0 Å². The first-order valence-corrected chi connectivity index (χ1v) is 22.9. The van der Waals surface area contributed by atoms with Crippen LogP contribution in [0.4, 0.5) is 0 Å². The Labute approximate surface area is 334 Å². The fourth-order valence-corrected chi connectivity index (χ4v) is 16.9. The smallest absolute Gasteiger partial charge is 0.135 e. The lowest BCUT2D eigenvalue weighted by atomic mass is 9.94. The maximum Gasteiger partial charge on any atom is 0.179 e. The zero-order chi connectivity index (χ0) is 35.5. The number of hydrogen-bond acceptors (Lipinski definition) is 2. The van der Waals surface area contributed by atoms with Crippen molar-refractivity contribution in [3.8, 4) is 22.3 Å². The first kappa shape index (κ1) is 33.0. The molecule has 10 aromatic rings. The summed E-state index contributed by atoms with van der Waals surface area (Å²) in [6.07, 6.45) is 0. The largest absolute Gasteiger partial charge is 0.179 e. The van der Waals surface area contributed by atoms with E-state index in [4.69, 9.17) is 0 Å². The Morgan fingerprint density at radius 1 is 0.321 bits per heavy atom. The molecular weight excluding hydrogens is 829 g/mol. The van der Waals surface area contributed by atoms with Gasteiger partial charge in [0.1, 0.15) is 0 Å². The zero-order valence-corrected chi connectivity index (χ0v) is 34.2. The molecule has 252 valence electrons. The fraction of sp³-hybridized carbons (Fsp3) is 0. The first-order valence-electron chi connectivity index (χ1n) is 17.6. The van der Waals surface area contributed by atoms with Crippen molar-refractivity contribution in [3.05, 3.63) is 191 Å². The summed E-state index contributed by atoms with van der Waals surface area (Å²) in [5.74, 6) is 0. The van der Waals surface area contributed by atoms with Crippen molar-refractivity contribution in [1.82, 2.24) is 0 Å². The maximum absolute atomic E-state index is 3.96. The molecule has 53 heavy (non-hydrogen) atoms. The molecule has 0 aliphatic carbocycles. The number of fused-ring (bicyclic) bond motifs is 6. The topological polar surface area (TPSA) is 0 Å². The third-order valence-corrected chi connectivity index (χ3v) is 18.9. The molecule has 8 aromatic carbocycles. The van der Waals surface area contributed by atoms with Gasteiger partial charge in [0, 0.05) is 49.3 Å². The summed E-state index contributed by atoms with van der Waals surface area (Å²) in [4.78, 5) is 0. The Morgan fingerprint density at radius 2 is 0.679 bits per heavy atom. The van der Waals surface area contributed by atoms with Gasteiger partial charge in [0.2, 0.25) is 0 Å². The number of halogens is 2. The van der Waals surface area contributed by atoms with Crippen molar-refractivity contribution >= 4 is 124 Å². The van der Waals surface area contributed by atoms with Gasteiger partial charge in [0.05, 0.1) is 0 Å². The SMILES string of the molecule is Brc1cccc2sc3cccc(-c4cc(-c5cccc6sc7cccc(Br)c7c56)cc([Si](c5ccccc5)(c5ccccc5)c5ccccc5)c4)c3c12. The van der Waals surface area contributed by atoms with E-state index in [1.165, 1.54) is 83.3 Å². The Kier molecular flexibility index (Phi) is 8.31. The summed E-state index contributed by atoms with van der Waals surface area (Å²) < 4.78 is 7.43. The highest BCUT2D eigenvalue weighted by Crippen LogP contribution is 2.46. The molecule has 0 saturated heterocycles. The highest BCUT2D eigenvalue weighted by molar-refractivity contribution is 9.11. The Morgan fingerprint density at radius 3 is 1.08 bits per heavy atom. The van der Waals surface area contributed by atoms with Crippen LogP contribution in [0.5, 0.6) is 0 Å². The van der Waals surface area contributed by atoms with Crippen LogP contribution in [0, 0.1) is 0 Å². The van der Waals surface area contributed by atoms with Crippen LogP contribution < -0.4 is 20.7 Å². The third-order valence-electron chi connectivity index (χ3n) is 10.6. The molecule has 0 atom stereocenters. The van der Waals surface area contributed by atoms with E-state index in [1.807, 2.05) is 22.7 Å². The van der Waals surface area contributed by atoms with Gasteiger partial charge in [-0.15, -0.1) is 22.7 Å². The molecule has 5 heteroatoms. The van der Waals surface area contributed by atoms with Gasteiger partial charge in [0.15, 0.2) is 8.07 Å². The predicted molar refractivity (Wildman–Crippen MR) is 242 cm³/mol. The van der Waals surface area contributed by atoms with Crippen molar-refractivity contribution in [2.45, 2.75) is 0 Å². The van der Waals surface area contributed by atoms with Crippen molar-refractivity contribution in [2.75, 3.05) is 0 Å². The summed E-state index contributed by atoms with van der Waals surface area (Å²) in [7, 11) is -2.87. The van der Waals surface area contributed by atoms with Gasteiger partial charge >= 0.3 is 0 Å². The van der Waals surface area contributed by atoms with Crippen molar-refractivity contribution < 1.29 is 0 Å². The van der Waals surface area contributed by atoms with Gasteiger partial charge in [0.25, 0.3) is 0 Å². The number of thiophene rings is 2. The van der Waals surface area contributed by atoms with Crippen molar-refractivity contribution in [1.29, 1.82) is 0 Å². The minimum Gasteiger partial charge on any atom is -0.135 e. The van der Waals surface area contributed by atoms with Crippen LogP contribution in [-0.2, 0) is 0 Å². The van der Waals surface area contributed by atoms with Crippen LogP contribution in [0.25, 0.3) is 62.6 Å². The molecular formula is C48H30Br2S2Si. The molecule has 2 aromatic heterocycles. The van der Waals surface area contributed by atoms with Crippen LogP contribution in [0.15, 0.2) is 191 Å². The average molecular weight is 859 g/mol. The maximum atomic E-state index is 3.96. The molecule has 0 fully saturated rings. The van der Waals surface area contributed by atoms with Crippen LogP contribution in [-0.4, -0.2) is 8.07 Å². The highest BCUT2D eigenvalue weighted by Gasteiger charge is 2.42. The van der Waals surface area contributed by atoms with E-state index < -0.39 is 8.07 Å². The molecule has 0 N–H and O–H groups in total. The molecule has 10 rings (SSSR count). The summed E-state index contributed by atoms with van der Waals surface area (Å²) in [5, 5.41) is 10.6. The molecule has 0 aliphatic heterocycles. The highest BCUT2D eigenvalue weighted by atomic mass is 79.9. The molecule has 0 spiro atoms. The lowest BCUT2D eigenvalue weighted by Gasteiger charge is -2.35.